The predicted octanol–water partition coefficient (Wildman–Crippen LogP) is 3.35. The molecule has 0 aliphatic heterocycles. The second-order valence-electron chi connectivity index (χ2n) is 8.90. The quantitative estimate of drug-likeness (QED) is 0.423. The molecule has 4 N–H and O–H groups in total. The molecule has 8 heteroatoms. The van der Waals surface area contributed by atoms with Gasteiger partial charge in [-0.15, -0.1) is 0 Å². The Kier molecular flexibility index (Phi) is 7.84. The minimum atomic E-state index is -0.793. The summed E-state index contributed by atoms with van der Waals surface area (Å²) in [6.07, 6.45) is 2.54. The molecule has 33 heavy (non-hydrogen) atoms. The van der Waals surface area contributed by atoms with Crippen molar-refractivity contribution >= 4 is 17.6 Å². The van der Waals surface area contributed by atoms with Crippen LogP contribution in [0.1, 0.15) is 43.6 Å². The minimum absolute atomic E-state index is 0.0432. The number of benzene rings is 2. The van der Waals surface area contributed by atoms with Gasteiger partial charge in [0.25, 0.3) is 0 Å². The van der Waals surface area contributed by atoms with E-state index < -0.39 is 6.10 Å². The number of hydrogen-bond acceptors (Lipinski definition) is 4. The summed E-state index contributed by atoms with van der Waals surface area (Å²) in [6.45, 7) is 6.91. The number of aromatic nitrogens is 2. The van der Waals surface area contributed by atoms with E-state index in [4.69, 9.17) is 0 Å². The van der Waals surface area contributed by atoms with Gasteiger partial charge in [0.15, 0.2) is 0 Å². The third kappa shape index (κ3) is 7.47. The fourth-order valence-electron chi connectivity index (χ4n) is 3.26. The lowest BCUT2D eigenvalue weighted by molar-refractivity contribution is -0.116. The molecular formula is C25H31N5O3. The molecule has 0 saturated carbocycles. The van der Waals surface area contributed by atoms with Gasteiger partial charge in [0.05, 0.1) is 6.10 Å². The third-order valence-corrected chi connectivity index (χ3v) is 5.15. The molecule has 0 fully saturated rings. The third-order valence-electron chi connectivity index (χ3n) is 5.15. The molecule has 0 saturated heterocycles. The molecule has 1 heterocycles. The number of urea groups is 1. The van der Waals surface area contributed by atoms with Gasteiger partial charge in [0.2, 0.25) is 5.91 Å². The maximum absolute atomic E-state index is 12.2. The molecular weight excluding hydrogens is 418 g/mol. The van der Waals surface area contributed by atoms with Crippen LogP contribution in [0.5, 0.6) is 0 Å². The Balaban J connectivity index is 1.44. The minimum Gasteiger partial charge on any atom is -0.387 e. The highest BCUT2D eigenvalue weighted by Gasteiger charge is 2.15. The number of hydrogen-bond donors (Lipinski definition) is 4. The molecule has 0 aliphatic rings. The summed E-state index contributed by atoms with van der Waals surface area (Å²) in [6, 6.07) is 16.4. The van der Waals surface area contributed by atoms with Crippen LogP contribution in [0.3, 0.4) is 0 Å². The second-order valence-corrected chi connectivity index (χ2v) is 8.90. The van der Waals surface area contributed by atoms with Gasteiger partial charge in [-0.05, 0) is 40.3 Å². The Labute approximate surface area is 194 Å². The number of aliphatic hydroxyl groups excluding tert-OH is 1. The van der Waals surface area contributed by atoms with Gasteiger partial charge in [-0.25, -0.2) is 4.79 Å². The zero-order valence-electron chi connectivity index (χ0n) is 19.2. The molecule has 0 bridgehead atoms. The lowest BCUT2D eigenvalue weighted by Crippen LogP contribution is -2.37. The summed E-state index contributed by atoms with van der Waals surface area (Å²) in [5, 5.41) is 22.7. The van der Waals surface area contributed by atoms with Crippen molar-refractivity contribution in [1.29, 1.82) is 0 Å². The molecule has 2 aromatic carbocycles. The topological polar surface area (TPSA) is 108 Å². The van der Waals surface area contributed by atoms with Gasteiger partial charge in [-0.1, -0.05) is 57.2 Å². The van der Waals surface area contributed by atoms with E-state index in [0.717, 1.165) is 11.1 Å². The number of carbonyl (C=O) groups excluding carboxylic acids is 2. The van der Waals surface area contributed by atoms with Crippen molar-refractivity contribution in [3.8, 4) is 0 Å². The Morgan fingerprint density at radius 1 is 1.06 bits per heavy atom. The van der Waals surface area contributed by atoms with Crippen LogP contribution in [-0.4, -0.2) is 33.4 Å². The highest BCUT2D eigenvalue weighted by molar-refractivity contribution is 5.90. The number of nitrogens with zero attached hydrogens (tertiary/aromatic N) is 2. The van der Waals surface area contributed by atoms with Crippen molar-refractivity contribution in [3.63, 3.8) is 0 Å². The predicted molar refractivity (Wildman–Crippen MR) is 128 cm³/mol. The van der Waals surface area contributed by atoms with Crippen molar-refractivity contribution in [1.82, 2.24) is 20.4 Å². The Morgan fingerprint density at radius 2 is 1.82 bits per heavy atom. The fraction of sp³-hybridized carbons (Fsp3) is 0.320. The maximum Gasteiger partial charge on any atom is 0.315 e. The first-order valence-corrected chi connectivity index (χ1v) is 10.9. The van der Waals surface area contributed by atoms with Crippen LogP contribution in [0, 0.1) is 0 Å². The molecule has 0 radical (unpaired) electrons. The first-order chi connectivity index (χ1) is 15.7. The van der Waals surface area contributed by atoms with Crippen molar-refractivity contribution in [3.05, 3.63) is 83.7 Å². The average Bonchev–Trinajstić information content (AvgIpc) is 3.28. The first-order valence-electron chi connectivity index (χ1n) is 10.9. The van der Waals surface area contributed by atoms with Gasteiger partial charge in [0.1, 0.15) is 6.54 Å². The first kappa shape index (κ1) is 24.0. The lowest BCUT2D eigenvalue weighted by atomic mass is 9.86. The molecule has 3 aromatic rings. The summed E-state index contributed by atoms with van der Waals surface area (Å²) in [4.78, 5) is 24.3. The van der Waals surface area contributed by atoms with E-state index in [2.05, 4.69) is 41.8 Å². The molecule has 174 valence electrons. The van der Waals surface area contributed by atoms with Crippen LogP contribution in [0.15, 0.2) is 67.0 Å². The number of nitrogens with one attached hydrogen (secondary N) is 3. The Morgan fingerprint density at radius 3 is 2.48 bits per heavy atom. The molecule has 8 nitrogen and oxygen atoms in total. The number of amides is 3. The molecule has 1 atom stereocenters. The smallest absolute Gasteiger partial charge is 0.315 e. The van der Waals surface area contributed by atoms with Crippen LogP contribution in [0.4, 0.5) is 10.5 Å². The van der Waals surface area contributed by atoms with E-state index in [1.165, 1.54) is 5.56 Å². The zero-order chi connectivity index (χ0) is 23.8. The highest BCUT2D eigenvalue weighted by atomic mass is 16.3. The van der Waals surface area contributed by atoms with E-state index in [9.17, 15) is 14.7 Å². The van der Waals surface area contributed by atoms with Crippen LogP contribution in [0.2, 0.25) is 0 Å². The molecule has 0 aliphatic carbocycles. The SMILES string of the molecule is CC(C)(C)c1ccc(C(O)CNC(=O)NCc2cccc(NC(=O)Cn3cccn3)c2)cc1. The molecule has 3 rings (SSSR count). The van der Waals surface area contributed by atoms with Crippen molar-refractivity contribution in [2.24, 2.45) is 0 Å². The molecule has 3 amide bonds. The monoisotopic (exact) mass is 449 g/mol. The van der Waals surface area contributed by atoms with E-state index in [0.29, 0.717) is 5.69 Å². The summed E-state index contributed by atoms with van der Waals surface area (Å²) in [7, 11) is 0. The largest absolute Gasteiger partial charge is 0.387 e. The second kappa shape index (κ2) is 10.8. The van der Waals surface area contributed by atoms with Gasteiger partial charge in [0, 0.05) is 31.2 Å². The van der Waals surface area contributed by atoms with Gasteiger partial charge >= 0.3 is 6.03 Å². The summed E-state index contributed by atoms with van der Waals surface area (Å²) in [5.41, 5.74) is 3.45. The van der Waals surface area contributed by atoms with E-state index in [-0.39, 0.29) is 37.0 Å². The van der Waals surface area contributed by atoms with E-state index in [1.54, 1.807) is 35.3 Å². The summed E-state index contributed by atoms with van der Waals surface area (Å²) < 4.78 is 1.54. The molecule has 1 unspecified atom stereocenters. The van der Waals surface area contributed by atoms with Crippen molar-refractivity contribution < 1.29 is 14.7 Å². The number of anilines is 1. The summed E-state index contributed by atoms with van der Waals surface area (Å²) >= 11 is 0. The van der Waals surface area contributed by atoms with Gasteiger partial charge in [-0.3, -0.25) is 9.48 Å². The Hall–Kier alpha value is -3.65. The number of rotatable bonds is 8. The van der Waals surface area contributed by atoms with Crippen LogP contribution >= 0.6 is 0 Å². The van der Waals surface area contributed by atoms with Crippen LogP contribution < -0.4 is 16.0 Å². The lowest BCUT2D eigenvalue weighted by Gasteiger charge is -2.20. The average molecular weight is 450 g/mol. The highest BCUT2D eigenvalue weighted by Crippen LogP contribution is 2.23. The van der Waals surface area contributed by atoms with Crippen molar-refractivity contribution in [2.75, 3.05) is 11.9 Å². The number of aliphatic hydroxyl groups is 1. The fourth-order valence-corrected chi connectivity index (χ4v) is 3.26. The van der Waals surface area contributed by atoms with E-state index >= 15 is 0 Å². The zero-order valence-corrected chi connectivity index (χ0v) is 19.2. The normalized spacial score (nSPS) is 12.1. The maximum atomic E-state index is 12.2. The summed E-state index contributed by atoms with van der Waals surface area (Å²) in [5.74, 6) is -0.189. The van der Waals surface area contributed by atoms with Crippen LogP contribution in [0.25, 0.3) is 0 Å². The number of carbonyl (C=O) groups is 2. The van der Waals surface area contributed by atoms with E-state index in [1.807, 2.05) is 36.4 Å². The molecule has 1 aromatic heterocycles. The van der Waals surface area contributed by atoms with Crippen molar-refractivity contribution in [2.45, 2.75) is 45.4 Å². The standard InChI is InChI=1S/C25H31N5O3/c1-25(2,3)20-10-8-19(9-11-20)22(31)16-27-24(33)26-15-18-6-4-7-21(14-18)29-23(32)17-30-13-5-12-28-30/h4-14,22,31H,15-17H2,1-3H3,(H,29,32)(H2,26,27,33). The van der Waals surface area contributed by atoms with Gasteiger partial charge < -0.3 is 21.1 Å². The van der Waals surface area contributed by atoms with Gasteiger partial charge in [-0.2, -0.15) is 5.10 Å². The Bertz CT molecular complexity index is 1060. The van der Waals surface area contributed by atoms with Crippen LogP contribution in [-0.2, 0) is 23.3 Å². The molecule has 0 spiro atoms.